The van der Waals surface area contributed by atoms with Crippen molar-refractivity contribution >= 4 is 77.7 Å². The van der Waals surface area contributed by atoms with Crippen LogP contribution in [0.1, 0.15) is 25.0 Å². The van der Waals surface area contributed by atoms with Gasteiger partial charge in [0.2, 0.25) is 0 Å². The number of hydrogen-bond acceptors (Lipinski definition) is 3. The van der Waals surface area contributed by atoms with Gasteiger partial charge in [0.15, 0.2) is 0 Å². The molecule has 3 aliphatic heterocycles. The van der Waals surface area contributed by atoms with Gasteiger partial charge < -0.3 is 9.71 Å². The van der Waals surface area contributed by atoms with Crippen molar-refractivity contribution in [3.8, 4) is 33.4 Å². The minimum atomic E-state index is -0.181. The van der Waals surface area contributed by atoms with Crippen LogP contribution < -0.4 is 20.6 Å². The maximum Gasteiger partial charge on any atom is 0.333 e. The second-order valence-corrected chi connectivity index (χ2v) is 16.7. The third-order valence-electron chi connectivity index (χ3n) is 12.4. The molecule has 0 N–H and O–H groups in total. The van der Waals surface area contributed by atoms with Gasteiger partial charge >= 0.3 is 6.85 Å². The Kier molecular flexibility index (Phi) is 6.40. The molecule has 0 bridgehead atoms. The molecule has 0 aliphatic carbocycles. The highest BCUT2D eigenvalue weighted by atomic mass is 32.1. The zero-order chi connectivity index (χ0) is 36.4. The van der Waals surface area contributed by atoms with Gasteiger partial charge in [0.05, 0.1) is 10.4 Å². The summed E-state index contributed by atoms with van der Waals surface area (Å²) in [6.07, 6.45) is 0. The van der Waals surface area contributed by atoms with E-state index in [0.717, 1.165) is 0 Å². The van der Waals surface area contributed by atoms with Crippen molar-refractivity contribution in [1.82, 2.24) is 0 Å². The van der Waals surface area contributed by atoms with Gasteiger partial charge in [0.25, 0.3) is 0 Å². The second kappa shape index (κ2) is 11.3. The Balaban J connectivity index is 1.24. The summed E-state index contributed by atoms with van der Waals surface area (Å²) in [7, 11) is 0. The van der Waals surface area contributed by atoms with Gasteiger partial charge in [-0.1, -0.05) is 153 Å². The molecule has 0 saturated heterocycles. The van der Waals surface area contributed by atoms with Crippen molar-refractivity contribution in [3.05, 3.63) is 187 Å². The molecule has 0 unspecified atom stereocenters. The van der Waals surface area contributed by atoms with Crippen LogP contribution in [0.3, 0.4) is 0 Å². The highest BCUT2D eigenvalue weighted by molar-refractivity contribution is 7.26. The molecule has 0 spiro atoms. The summed E-state index contributed by atoms with van der Waals surface area (Å²) in [5, 5.41) is 2.63. The topological polar surface area (TPSA) is 6.48 Å². The van der Waals surface area contributed by atoms with Crippen LogP contribution in [0.2, 0.25) is 0 Å². The van der Waals surface area contributed by atoms with Crippen molar-refractivity contribution in [2.45, 2.75) is 19.3 Å². The molecule has 0 amide bonds. The maximum absolute atomic E-state index is 2.70. The lowest BCUT2D eigenvalue weighted by Gasteiger charge is -2.50. The van der Waals surface area contributed by atoms with Crippen molar-refractivity contribution in [3.63, 3.8) is 0 Å². The number of rotatable bonds is 3. The van der Waals surface area contributed by atoms with Gasteiger partial charge in [-0.15, -0.1) is 11.3 Å². The predicted octanol–water partition coefficient (Wildman–Crippen LogP) is 12.7. The highest BCUT2D eigenvalue weighted by Gasteiger charge is 2.49. The predicted molar refractivity (Wildman–Crippen MR) is 236 cm³/mol. The summed E-state index contributed by atoms with van der Waals surface area (Å²) in [4.78, 5) is 5.31. The SMILES string of the molecule is CC1(C)c2ccccc2N2c3cc(-c4ccccc4)cc4c3B(c3cccc1c32)N(c1cccc2c1sc1ccccc12)c1cc(-c2ccccc2)ccc1-4. The Bertz CT molecular complexity index is 3040. The second-order valence-electron chi connectivity index (χ2n) is 15.7. The van der Waals surface area contributed by atoms with Crippen molar-refractivity contribution in [2.24, 2.45) is 0 Å². The summed E-state index contributed by atoms with van der Waals surface area (Å²) in [6, 6.07) is 65.8. The smallest absolute Gasteiger partial charge is 0.333 e. The van der Waals surface area contributed by atoms with Crippen LogP contribution in [0.4, 0.5) is 28.4 Å². The summed E-state index contributed by atoms with van der Waals surface area (Å²) >= 11 is 1.91. The summed E-state index contributed by atoms with van der Waals surface area (Å²) < 4.78 is 2.64. The average molecular weight is 719 g/mol. The van der Waals surface area contributed by atoms with E-state index in [4.69, 9.17) is 0 Å². The van der Waals surface area contributed by atoms with Crippen LogP contribution in [0.15, 0.2) is 176 Å². The molecule has 4 heteroatoms. The Morgan fingerprint density at radius 3 is 1.96 bits per heavy atom. The van der Waals surface area contributed by atoms with Crippen LogP contribution in [-0.4, -0.2) is 6.85 Å². The van der Waals surface area contributed by atoms with E-state index in [9.17, 15) is 0 Å². The number of nitrogens with zero attached hydrogens (tertiary/aromatic N) is 2. The maximum atomic E-state index is 2.70. The minimum Gasteiger partial charge on any atom is -0.375 e. The van der Waals surface area contributed by atoms with Crippen molar-refractivity contribution in [1.29, 1.82) is 0 Å². The molecule has 12 rings (SSSR count). The molecular formula is C51H35BN2S. The summed E-state index contributed by atoms with van der Waals surface area (Å²) in [6.45, 7) is 4.74. The summed E-state index contributed by atoms with van der Waals surface area (Å²) in [5.74, 6) is 0. The van der Waals surface area contributed by atoms with Crippen molar-refractivity contribution < 1.29 is 0 Å². The number of benzene rings is 8. The fourth-order valence-electron chi connectivity index (χ4n) is 9.90. The standard InChI is InChI=1S/C51H35BN2S/c1-51(2)40-21-10-11-24-43(40)53-46-31-35(33-17-7-4-8-18-33)29-39-36-28-27-34(32-15-5-3-6-16-32)30-45(36)54(52(48(39)46)42-23-14-22-41(51)49(42)53)44-25-13-20-38-37-19-9-12-26-47(37)55-50(38)44/h3-31H,1-2H3. The molecule has 0 atom stereocenters. The lowest BCUT2D eigenvalue weighted by molar-refractivity contribution is 0.632. The van der Waals surface area contributed by atoms with Gasteiger partial charge in [0.1, 0.15) is 0 Å². The van der Waals surface area contributed by atoms with Gasteiger partial charge in [-0.3, -0.25) is 0 Å². The van der Waals surface area contributed by atoms with Crippen molar-refractivity contribution in [2.75, 3.05) is 9.71 Å². The molecule has 2 nitrogen and oxygen atoms in total. The number of hydrogen-bond donors (Lipinski definition) is 0. The fourth-order valence-corrected chi connectivity index (χ4v) is 11.1. The molecule has 8 aromatic carbocycles. The van der Waals surface area contributed by atoms with Gasteiger partial charge in [-0.2, -0.15) is 0 Å². The average Bonchev–Trinajstić information content (AvgIpc) is 3.63. The third-order valence-corrected chi connectivity index (χ3v) is 13.6. The Morgan fingerprint density at radius 2 is 1.13 bits per heavy atom. The zero-order valence-electron chi connectivity index (χ0n) is 30.6. The third kappa shape index (κ3) is 4.26. The Hall–Kier alpha value is -6.36. The van der Waals surface area contributed by atoms with Crippen LogP contribution in [-0.2, 0) is 5.41 Å². The van der Waals surface area contributed by atoms with Gasteiger partial charge in [0, 0.05) is 49.2 Å². The lowest BCUT2D eigenvalue weighted by Crippen LogP contribution is -2.62. The van der Waals surface area contributed by atoms with E-state index in [2.05, 4.69) is 199 Å². The molecule has 0 fully saturated rings. The molecule has 3 aliphatic rings. The molecule has 1 aromatic heterocycles. The number of thiophene rings is 1. The molecule has 0 radical (unpaired) electrons. The van der Waals surface area contributed by atoms with E-state index in [1.165, 1.54) is 104 Å². The molecule has 0 saturated carbocycles. The zero-order valence-corrected chi connectivity index (χ0v) is 31.4. The first kappa shape index (κ1) is 31.0. The van der Waals surface area contributed by atoms with Gasteiger partial charge in [-0.25, -0.2) is 0 Å². The van der Waals surface area contributed by atoms with E-state index in [0.29, 0.717) is 0 Å². The van der Waals surface area contributed by atoms with E-state index in [1.54, 1.807) is 0 Å². The van der Waals surface area contributed by atoms with E-state index >= 15 is 0 Å². The number of para-hydroxylation sites is 2. The van der Waals surface area contributed by atoms with E-state index in [1.807, 2.05) is 11.3 Å². The number of anilines is 5. The van der Waals surface area contributed by atoms with Crippen LogP contribution in [0.25, 0.3) is 53.6 Å². The van der Waals surface area contributed by atoms with E-state index in [-0.39, 0.29) is 12.3 Å². The first-order valence-electron chi connectivity index (χ1n) is 19.2. The Morgan fingerprint density at radius 1 is 0.473 bits per heavy atom. The van der Waals surface area contributed by atoms with E-state index < -0.39 is 0 Å². The first-order valence-corrected chi connectivity index (χ1v) is 20.0. The fraction of sp³-hybridized carbons (Fsp3) is 0.0588. The monoisotopic (exact) mass is 718 g/mol. The van der Waals surface area contributed by atoms with Crippen LogP contribution in [0, 0.1) is 0 Å². The molecular weight excluding hydrogens is 683 g/mol. The highest BCUT2D eigenvalue weighted by Crippen LogP contribution is 2.56. The van der Waals surface area contributed by atoms with Crippen LogP contribution in [0.5, 0.6) is 0 Å². The lowest BCUT2D eigenvalue weighted by atomic mass is 9.42. The first-order chi connectivity index (χ1) is 27.1. The molecule has 55 heavy (non-hydrogen) atoms. The normalized spacial score (nSPS) is 14.4. The largest absolute Gasteiger partial charge is 0.375 e. The summed E-state index contributed by atoms with van der Waals surface area (Å²) in [5.41, 5.74) is 19.0. The van der Waals surface area contributed by atoms with Gasteiger partial charge in [-0.05, 0) is 86.3 Å². The molecule has 9 aromatic rings. The van der Waals surface area contributed by atoms with Crippen LogP contribution >= 0.6 is 11.3 Å². The number of fused-ring (bicyclic) bond motifs is 9. The molecule has 4 heterocycles. The quantitative estimate of drug-likeness (QED) is 0.168. The molecule has 258 valence electrons. The minimum absolute atomic E-state index is 0.0589. The Labute approximate surface area is 325 Å².